The zero-order valence-electron chi connectivity index (χ0n) is 22.9. The summed E-state index contributed by atoms with van der Waals surface area (Å²) in [5.41, 5.74) is 1.24. The van der Waals surface area contributed by atoms with E-state index in [0.717, 1.165) is 17.3 Å². The summed E-state index contributed by atoms with van der Waals surface area (Å²) in [7, 11) is 3.92. The van der Waals surface area contributed by atoms with Crippen molar-refractivity contribution in [2.75, 3.05) is 53.4 Å². The summed E-state index contributed by atoms with van der Waals surface area (Å²) in [6.07, 6.45) is 5.64. The van der Waals surface area contributed by atoms with E-state index >= 15 is 4.39 Å². The molecule has 2 amide bonds. The molecule has 3 aromatic rings. The topological polar surface area (TPSA) is 125 Å². The first-order valence-electron chi connectivity index (χ1n) is 13.2. The van der Waals surface area contributed by atoms with Gasteiger partial charge in [0.15, 0.2) is 0 Å². The van der Waals surface area contributed by atoms with Gasteiger partial charge in [0.25, 0.3) is 5.91 Å². The molecule has 40 heavy (non-hydrogen) atoms. The summed E-state index contributed by atoms with van der Waals surface area (Å²) in [6.45, 7) is 6.79. The van der Waals surface area contributed by atoms with Gasteiger partial charge in [-0.2, -0.15) is 10.4 Å². The molecule has 2 aliphatic heterocycles. The van der Waals surface area contributed by atoms with Gasteiger partial charge in [0.05, 0.1) is 31.0 Å². The number of likely N-dealkylation sites (N-methyl/N-ethyl adjacent to an activating group) is 1. The lowest BCUT2D eigenvalue weighted by atomic mass is 9.92. The summed E-state index contributed by atoms with van der Waals surface area (Å²) in [4.78, 5) is 29.3. The maximum Gasteiger partial charge on any atom is 0.264 e. The molecule has 0 aromatic carbocycles. The summed E-state index contributed by atoms with van der Waals surface area (Å²) >= 11 is 0. The SMILES string of the molecule is C=CC(=O)N1CC(F)(C(=O)N2CCC(n3nnc(-c4cc(OCCN(C)C)c5c(C#N)cnn5c4)c3C)CC2)C1. The van der Waals surface area contributed by atoms with Crippen molar-refractivity contribution >= 4 is 17.3 Å². The van der Waals surface area contributed by atoms with E-state index in [4.69, 9.17) is 4.74 Å². The predicted molar refractivity (Wildman–Crippen MR) is 143 cm³/mol. The number of halogens is 1. The van der Waals surface area contributed by atoms with Crippen LogP contribution in [0, 0.1) is 18.3 Å². The molecule has 2 saturated heterocycles. The molecule has 210 valence electrons. The molecule has 0 atom stereocenters. The number of hydrogen-bond donors (Lipinski definition) is 0. The Balaban J connectivity index is 1.30. The normalized spacial score (nSPS) is 17.1. The van der Waals surface area contributed by atoms with Crippen LogP contribution in [0.1, 0.15) is 30.1 Å². The number of hydrogen-bond acceptors (Lipinski definition) is 8. The van der Waals surface area contributed by atoms with Crippen LogP contribution in [0.4, 0.5) is 4.39 Å². The smallest absolute Gasteiger partial charge is 0.264 e. The highest BCUT2D eigenvalue weighted by Crippen LogP contribution is 2.34. The van der Waals surface area contributed by atoms with Gasteiger partial charge in [0.2, 0.25) is 11.6 Å². The van der Waals surface area contributed by atoms with Crippen LogP contribution >= 0.6 is 0 Å². The highest BCUT2D eigenvalue weighted by molar-refractivity contribution is 5.93. The molecule has 0 radical (unpaired) electrons. The zero-order chi connectivity index (χ0) is 28.6. The highest BCUT2D eigenvalue weighted by Gasteiger charge is 2.53. The number of rotatable bonds is 8. The van der Waals surface area contributed by atoms with Crippen LogP contribution in [0.5, 0.6) is 5.75 Å². The number of aromatic nitrogens is 5. The van der Waals surface area contributed by atoms with E-state index in [1.807, 2.05) is 36.7 Å². The Morgan fingerprint density at radius 1 is 1.30 bits per heavy atom. The number of carbonyl (C=O) groups is 2. The molecule has 5 rings (SSSR count). The lowest BCUT2D eigenvalue weighted by Crippen LogP contribution is -2.68. The largest absolute Gasteiger partial charge is 0.490 e. The fraction of sp³-hybridized carbons (Fsp3) is 0.481. The van der Waals surface area contributed by atoms with Crippen molar-refractivity contribution < 1.29 is 18.7 Å². The summed E-state index contributed by atoms with van der Waals surface area (Å²) in [6, 6.07) is 4.02. The van der Waals surface area contributed by atoms with Gasteiger partial charge < -0.3 is 19.4 Å². The number of pyridine rings is 1. The number of nitrogens with zero attached hydrogens (tertiary/aromatic N) is 9. The Kier molecular flexibility index (Phi) is 7.29. The molecule has 0 bridgehead atoms. The molecule has 0 unspecified atom stereocenters. The average molecular weight is 550 g/mol. The van der Waals surface area contributed by atoms with E-state index in [0.29, 0.717) is 61.6 Å². The fourth-order valence-corrected chi connectivity index (χ4v) is 5.27. The van der Waals surface area contributed by atoms with Gasteiger partial charge in [-0.25, -0.2) is 13.6 Å². The number of nitriles is 1. The molecule has 0 spiro atoms. The lowest BCUT2D eigenvalue weighted by molar-refractivity contribution is -0.162. The third kappa shape index (κ3) is 4.90. The van der Waals surface area contributed by atoms with Gasteiger partial charge in [-0.05, 0) is 46.0 Å². The Bertz CT molecular complexity index is 1490. The second kappa shape index (κ2) is 10.7. The average Bonchev–Trinajstić information content (AvgIpc) is 3.53. The first kappa shape index (κ1) is 27.3. The van der Waals surface area contributed by atoms with Crippen molar-refractivity contribution in [3.8, 4) is 23.1 Å². The van der Waals surface area contributed by atoms with E-state index in [9.17, 15) is 14.9 Å². The minimum absolute atomic E-state index is 0.00414. The van der Waals surface area contributed by atoms with Crippen LogP contribution < -0.4 is 4.74 Å². The standard InChI is InChI=1S/C27H32FN9O3/c1-5-23(38)35-16-27(28,17-35)26(39)34-8-6-21(7-9-34)37-18(2)24(31-32-37)19-12-22(40-11-10-33(3)4)25-20(13-29)14-30-36(25)15-19/h5,12,14-15,21H,1,6-11,16-17H2,2-4H3. The highest BCUT2D eigenvalue weighted by atomic mass is 19.1. The van der Waals surface area contributed by atoms with Crippen molar-refractivity contribution in [1.82, 2.24) is 39.3 Å². The quantitative estimate of drug-likeness (QED) is 0.388. The van der Waals surface area contributed by atoms with E-state index in [-0.39, 0.29) is 25.0 Å². The first-order chi connectivity index (χ1) is 19.1. The number of ether oxygens (including phenoxy) is 1. The maximum atomic E-state index is 15.1. The van der Waals surface area contributed by atoms with Gasteiger partial charge in [0.1, 0.15) is 35.2 Å². The molecular weight excluding hydrogens is 517 g/mol. The Morgan fingerprint density at radius 3 is 2.67 bits per heavy atom. The molecule has 0 N–H and O–H groups in total. The number of likely N-dealkylation sites (tertiary alicyclic amines) is 2. The molecule has 5 heterocycles. The summed E-state index contributed by atoms with van der Waals surface area (Å²) < 4.78 is 24.6. The Hall–Kier alpha value is -4.31. The van der Waals surface area contributed by atoms with E-state index in [2.05, 4.69) is 28.1 Å². The van der Waals surface area contributed by atoms with Gasteiger partial charge >= 0.3 is 0 Å². The monoisotopic (exact) mass is 549 g/mol. The number of carbonyl (C=O) groups excluding carboxylic acids is 2. The number of piperidine rings is 1. The third-order valence-electron chi connectivity index (χ3n) is 7.54. The minimum atomic E-state index is -2.04. The van der Waals surface area contributed by atoms with Crippen LogP contribution in [0.25, 0.3) is 16.8 Å². The van der Waals surface area contributed by atoms with Crippen molar-refractivity contribution in [3.05, 3.63) is 42.4 Å². The fourth-order valence-electron chi connectivity index (χ4n) is 5.27. The zero-order valence-corrected chi connectivity index (χ0v) is 22.9. The van der Waals surface area contributed by atoms with Crippen LogP contribution in [-0.2, 0) is 9.59 Å². The van der Waals surface area contributed by atoms with Gasteiger partial charge in [-0.15, -0.1) is 5.10 Å². The minimum Gasteiger partial charge on any atom is -0.490 e. The second-order valence-corrected chi connectivity index (χ2v) is 10.6. The molecule has 0 saturated carbocycles. The summed E-state index contributed by atoms with van der Waals surface area (Å²) in [5, 5.41) is 22.8. The van der Waals surface area contributed by atoms with Crippen molar-refractivity contribution in [1.29, 1.82) is 5.26 Å². The van der Waals surface area contributed by atoms with E-state index in [1.54, 1.807) is 10.7 Å². The molecule has 13 heteroatoms. The molecule has 12 nitrogen and oxygen atoms in total. The Labute approximate surface area is 231 Å². The Morgan fingerprint density at radius 2 is 2.02 bits per heavy atom. The van der Waals surface area contributed by atoms with Crippen molar-refractivity contribution in [2.45, 2.75) is 31.5 Å². The van der Waals surface area contributed by atoms with Crippen LogP contribution in [0.3, 0.4) is 0 Å². The second-order valence-electron chi connectivity index (χ2n) is 10.6. The number of alkyl halides is 1. The molecule has 2 fully saturated rings. The lowest BCUT2D eigenvalue weighted by Gasteiger charge is -2.45. The molecule has 3 aromatic heterocycles. The van der Waals surface area contributed by atoms with Crippen LogP contribution in [0.15, 0.2) is 31.1 Å². The first-order valence-corrected chi connectivity index (χ1v) is 13.2. The third-order valence-corrected chi connectivity index (χ3v) is 7.54. The van der Waals surface area contributed by atoms with Crippen molar-refractivity contribution in [3.63, 3.8) is 0 Å². The molecular formula is C27H32FN9O3. The van der Waals surface area contributed by atoms with Crippen molar-refractivity contribution in [2.24, 2.45) is 0 Å². The molecule has 0 aliphatic carbocycles. The number of amides is 2. The van der Waals surface area contributed by atoms with Gasteiger partial charge in [-0.3, -0.25) is 9.59 Å². The van der Waals surface area contributed by atoms with Crippen LogP contribution in [-0.4, -0.2) is 110 Å². The number of fused-ring (bicyclic) bond motifs is 1. The predicted octanol–water partition coefficient (Wildman–Crippen LogP) is 1.61. The summed E-state index contributed by atoms with van der Waals surface area (Å²) in [5.74, 6) is -0.401. The van der Waals surface area contributed by atoms with Gasteiger partial charge in [0, 0.05) is 31.4 Å². The van der Waals surface area contributed by atoms with E-state index in [1.165, 1.54) is 16.0 Å². The maximum absolute atomic E-state index is 15.1. The van der Waals surface area contributed by atoms with Gasteiger partial charge in [-0.1, -0.05) is 11.8 Å². The molecule has 2 aliphatic rings. The van der Waals surface area contributed by atoms with Crippen LogP contribution in [0.2, 0.25) is 0 Å². The van der Waals surface area contributed by atoms with E-state index < -0.39 is 11.6 Å².